The molecule has 3 atom stereocenters. The minimum absolute atomic E-state index is 0.161. The number of fused-ring (bicyclic) bond motifs is 1. The van der Waals surface area contributed by atoms with E-state index in [0.29, 0.717) is 24.2 Å². The van der Waals surface area contributed by atoms with Crippen LogP contribution < -0.4 is 0 Å². The highest BCUT2D eigenvalue weighted by molar-refractivity contribution is 5.77. The van der Waals surface area contributed by atoms with Crippen molar-refractivity contribution in [1.29, 1.82) is 0 Å². The Balaban J connectivity index is 1.25. The lowest BCUT2D eigenvalue weighted by Crippen LogP contribution is -2.43. The van der Waals surface area contributed by atoms with Crippen molar-refractivity contribution in [2.24, 2.45) is 11.8 Å². The molecule has 3 aliphatic rings. The number of rotatable bonds is 5. The molecule has 4 rings (SSSR count). The first kappa shape index (κ1) is 17.0. The van der Waals surface area contributed by atoms with Crippen molar-refractivity contribution in [3.05, 3.63) is 35.9 Å². The molecule has 0 radical (unpaired) electrons. The van der Waals surface area contributed by atoms with E-state index >= 15 is 0 Å². The first-order chi connectivity index (χ1) is 12.3. The summed E-state index contributed by atoms with van der Waals surface area (Å²) in [5.74, 6) is 1.51. The van der Waals surface area contributed by atoms with Gasteiger partial charge in [-0.3, -0.25) is 4.79 Å². The molecule has 136 valence electrons. The summed E-state index contributed by atoms with van der Waals surface area (Å²) in [5.41, 5.74) is 1.42. The van der Waals surface area contributed by atoms with Gasteiger partial charge in [-0.05, 0) is 43.7 Å². The zero-order chi connectivity index (χ0) is 17.1. The van der Waals surface area contributed by atoms with Gasteiger partial charge >= 0.3 is 0 Å². The van der Waals surface area contributed by atoms with Crippen molar-refractivity contribution in [3.63, 3.8) is 0 Å². The van der Waals surface area contributed by atoms with Gasteiger partial charge in [0, 0.05) is 32.1 Å². The van der Waals surface area contributed by atoms with Gasteiger partial charge in [0.1, 0.15) is 0 Å². The number of carbonyl (C=O) groups excluding carboxylic acids is 1. The van der Waals surface area contributed by atoms with Crippen LogP contribution in [0, 0.1) is 11.8 Å². The summed E-state index contributed by atoms with van der Waals surface area (Å²) in [6.07, 6.45) is 5.40. The van der Waals surface area contributed by atoms with Gasteiger partial charge in [-0.2, -0.15) is 0 Å². The Morgan fingerprint density at radius 2 is 1.92 bits per heavy atom. The lowest BCUT2D eigenvalue weighted by Gasteiger charge is -2.35. The molecule has 3 aliphatic heterocycles. The van der Waals surface area contributed by atoms with Gasteiger partial charge in [-0.1, -0.05) is 30.3 Å². The predicted molar refractivity (Wildman–Crippen MR) is 98.4 cm³/mol. The zero-order valence-corrected chi connectivity index (χ0v) is 15.1. The Bertz CT molecular complexity index is 571. The van der Waals surface area contributed by atoms with Crippen molar-refractivity contribution in [3.8, 4) is 0 Å². The largest absolute Gasteiger partial charge is 0.377 e. The summed E-state index contributed by atoms with van der Waals surface area (Å²) in [6, 6.07) is 10.7. The first-order valence-electron chi connectivity index (χ1n) is 9.95. The molecule has 0 aliphatic carbocycles. The van der Waals surface area contributed by atoms with Crippen molar-refractivity contribution in [1.82, 2.24) is 9.80 Å². The van der Waals surface area contributed by atoms with Crippen molar-refractivity contribution < 1.29 is 9.53 Å². The van der Waals surface area contributed by atoms with Crippen LogP contribution in [-0.2, 0) is 16.0 Å². The summed E-state index contributed by atoms with van der Waals surface area (Å²) in [6.45, 7) is 6.15. The average Bonchev–Trinajstić information content (AvgIpc) is 3.31. The molecule has 3 heterocycles. The number of hydrogen-bond acceptors (Lipinski definition) is 3. The van der Waals surface area contributed by atoms with Crippen LogP contribution in [0.1, 0.15) is 31.2 Å². The Morgan fingerprint density at radius 1 is 1.12 bits per heavy atom. The summed E-state index contributed by atoms with van der Waals surface area (Å²) < 4.78 is 6.07. The molecule has 0 unspecified atom stereocenters. The number of piperidine rings is 1. The zero-order valence-electron chi connectivity index (χ0n) is 15.1. The highest BCUT2D eigenvalue weighted by atomic mass is 16.5. The summed E-state index contributed by atoms with van der Waals surface area (Å²) in [5, 5.41) is 0. The molecule has 1 aromatic rings. The van der Waals surface area contributed by atoms with E-state index in [1.165, 1.54) is 24.8 Å². The second-order valence-corrected chi connectivity index (χ2v) is 7.91. The van der Waals surface area contributed by atoms with Crippen molar-refractivity contribution >= 4 is 5.91 Å². The minimum Gasteiger partial charge on any atom is -0.377 e. The Kier molecular flexibility index (Phi) is 5.37. The lowest BCUT2D eigenvalue weighted by atomic mass is 9.83. The molecule has 25 heavy (non-hydrogen) atoms. The molecule has 4 nitrogen and oxygen atoms in total. The van der Waals surface area contributed by atoms with Crippen LogP contribution in [0.25, 0.3) is 0 Å². The Labute approximate surface area is 151 Å². The monoisotopic (exact) mass is 342 g/mol. The van der Waals surface area contributed by atoms with Gasteiger partial charge in [0.2, 0.25) is 5.91 Å². The highest BCUT2D eigenvalue weighted by Crippen LogP contribution is 2.36. The van der Waals surface area contributed by atoms with E-state index in [9.17, 15) is 4.79 Å². The quantitative estimate of drug-likeness (QED) is 0.824. The molecule has 0 bridgehead atoms. The molecular formula is C21H30N2O2. The van der Waals surface area contributed by atoms with Gasteiger partial charge in [0.05, 0.1) is 19.1 Å². The van der Waals surface area contributed by atoms with E-state index in [1.807, 2.05) is 4.90 Å². The minimum atomic E-state index is 0.161. The Morgan fingerprint density at radius 3 is 2.72 bits per heavy atom. The number of benzene rings is 1. The van der Waals surface area contributed by atoms with E-state index < -0.39 is 0 Å². The molecule has 0 spiro atoms. The molecule has 3 fully saturated rings. The summed E-state index contributed by atoms with van der Waals surface area (Å²) in [7, 11) is 0. The lowest BCUT2D eigenvalue weighted by molar-refractivity contribution is -0.133. The maximum Gasteiger partial charge on any atom is 0.225 e. The van der Waals surface area contributed by atoms with Crippen LogP contribution in [0.4, 0.5) is 0 Å². The number of amides is 1. The molecular weight excluding hydrogens is 312 g/mol. The second kappa shape index (κ2) is 7.88. The highest BCUT2D eigenvalue weighted by Gasteiger charge is 2.41. The SMILES string of the molecule is O=C(C[C@@H]1OC[C@H]2CN(CCc3ccccc3)CC[C@H]21)N1CCCC1. The van der Waals surface area contributed by atoms with Gasteiger partial charge in [0.15, 0.2) is 0 Å². The third-order valence-electron chi connectivity index (χ3n) is 6.27. The van der Waals surface area contributed by atoms with Crippen molar-refractivity contribution in [2.45, 2.75) is 38.2 Å². The van der Waals surface area contributed by atoms with Crippen LogP contribution >= 0.6 is 0 Å². The molecule has 0 aromatic heterocycles. The smallest absolute Gasteiger partial charge is 0.225 e. The topological polar surface area (TPSA) is 32.8 Å². The summed E-state index contributed by atoms with van der Waals surface area (Å²) >= 11 is 0. The Hall–Kier alpha value is -1.39. The van der Waals surface area contributed by atoms with E-state index in [0.717, 1.165) is 45.8 Å². The number of carbonyl (C=O) groups is 1. The number of hydrogen-bond donors (Lipinski definition) is 0. The molecule has 4 heteroatoms. The first-order valence-corrected chi connectivity index (χ1v) is 9.95. The fourth-order valence-electron chi connectivity index (χ4n) is 4.78. The molecule has 1 amide bonds. The molecule has 3 saturated heterocycles. The van der Waals surface area contributed by atoms with E-state index in [4.69, 9.17) is 4.74 Å². The third-order valence-corrected chi connectivity index (χ3v) is 6.27. The number of ether oxygens (including phenoxy) is 1. The number of nitrogens with zero attached hydrogens (tertiary/aromatic N) is 2. The van der Waals surface area contributed by atoms with E-state index in [2.05, 4.69) is 35.2 Å². The maximum atomic E-state index is 12.4. The fraction of sp³-hybridized carbons (Fsp3) is 0.667. The van der Waals surface area contributed by atoms with Gasteiger partial charge < -0.3 is 14.5 Å². The van der Waals surface area contributed by atoms with E-state index in [-0.39, 0.29) is 6.10 Å². The average molecular weight is 342 g/mol. The van der Waals surface area contributed by atoms with Crippen LogP contribution in [0.5, 0.6) is 0 Å². The van der Waals surface area contributed by atoms with Crippen LogP contribution in [0.3, 0.4) is 0 Å². The van der Waals surface area contributed by atoms with Gasteiger partial charge in [-0.15, -0.1) is 0 Å². The van der Waals surface area contributed by atoms with Crippen LogP contribution in [0.15, 0.2) is 30.3 Å². The third kappa shape index (κ3) is 4.06. The standard InChI is InChI=1S/C21H30N2O2/c24-21(23-10-4-5-11-23)14-20-19-9-13-22(15-18(19)16-25-20)12-8-17-6-2-1-3-7-17/h1-3,6-7,18-20H,4-5,8-16H2/t18-,19-,20+/m1/s1. The predicted octanol–water partition coefficient (Wildman–Crippen LogP) is 2.58. The fourth-order valence-corrected chi connectivity index (χ4v) is 4.78. The molecule has 1 aromatic carbocycles. The molecule has 0 saturated carbocycles. The summed E-state index contributed by atoms with van der Waals surface area (Å²) in [4.78, 5) is 17.1. The number of likely N-dealkylation sites (tertiary alicyclic amines) is 2. The van der Waals surface area contributed by atoms with Crippen LogP contribution in [-0.4, -0.2) is 61.1 Å². The van der Waals surface area contributed by atoms with Crippen LogP contribution in [0.2, 0.25) is 0 Å². The second-order valence-electron chi connectivity index (χ2n) is 7.91. The van der Waals surface area contributed by atoms with E-state index in [1.54, 1.807) is 0 Å². The van der Waals surface area contributed by atoms with Crippen molar-refractivity contribution in [2.75, 3.05) is 39.3 Å². The van der Waals surface area contributed by atoms with Gasteiger partial charge in [-0.25, -0.2) is 0 Å². The van der Waals surface area contributed by atoms with Gasteiger partial charge in [0.25, 0.3) is 0 Å². The molecule has 0 N–H and O–H groups in total. The maximum absolute atomic E-state index is 12.4. The normalized spacial score (nSPS) is 29.8.